The highest BCUT2D eigenvalue weighted by Crippen LogP contribution is 2.44. The summed E-state index contributed by atoms with van der Waals surface area (Å²) in [6.07, 6.45) is 5.58. The lowest BCUT2D eigenvalue weighted by atomic mass is 9.99. The van der Waals surface area contributed by atoms with E-state index in [0.29, 0.717) is 5.92 Å². The smallest absolute Gasteiger partial charge is 0.189 e. The van der Waals surface area contributed by atoms with Gasteiger partial charge in [0, 0.05) is 16.8 Å². The summed E-state index contributed by atoms with van der Waals surface area (Å²) >= 11 is 5.21. The first-order valence-corrected chi connectivity index (χ1v) is 13.0. The predicted octanol–water partition coefficient (Wildman–Crippen LogP) is 6.87. The summed E-state index contributed by atoms with van der Waals surface area (Å²) < 4.78 is 1.20. The quantitative estimate of drug-likeness (QED) is 0.194. The van der Waals surface area contributed by atoms with Gasteiger partial charge in [0.15, 0.2) is 5.16 Å². The number of thioether (sulfide) groups is 2. The second-order valence-electron chi connectivity index (χ2n) is 7.71. The summed E-state index contributed by atoms with van der Waals surface area (Å²) in [4.78, 5) is 16.1. The van der Waals surface area contributed by atoms with Gasteiger partial charge in [-0.15, -0.1) is 23.1 Å². The Bertz CT molecular complexity index is 1200. The number of benzene rings is 1. The zero-order valence-electron chi connectivity index (χ0n) is 16.9. The maximum Gasteiger partial charge on any atom is 0.189 e. The molecule has 6 heteroatoms. The molecule has 0 saturated heterocycles. The average molecular weight is 438 g/mol. The van der Waals surface area contributed by atoms with Gasteiger partial charge < -0.3 is 0 Å². The fourth-order valence-electron chi connectivity index (χ4n) is 4.14. The van der Waals surface area contributed by atoms with E-state index in [2.05, 4.69) is 50.4 Å². The van der Waals surface area contributed by atoms with Gasteiger partial charge in [-0.3, -0.25) is 0 Å². The van der Waals surface area contributed by atoms with Gasteiger partial charge in [-0.05, 0) is 48.1 Å². The van der Waals surface area contributed by atoms with E-state index in [-0.39, 0.29) is 0 Å². The number of aromatic nitrogens is 3. The van der Waals surface area contributed by atoms with Gasteiger partial charge in [-0.2, -0.15) is 0 Å². The Morgan fingerprint density at radius 1 is 1.03 bits per heavy atom. The molecule has 0 radical (unpaired) electrons. The summed E-state index contributed by atoms with van der Waals surface area (Å²) in [5.74, 6) is 1.37. The average Bonchev–Trinajstić information content (AvgIpc) is 3.36. The van der Waals surface area contributed by atoms with Gasteiger partial charge in [-0.1, -0.05) is 55.9 Å². The van der Waals surface area contributed by atoms with Crippen LogP contribution in [-0.4, -0.2) is 21.2 Å². The molecule has 1 aromatic carbocycles. The minimum atomic E-state index is 0.455. The van der Waals surface area contributed by atoms with Crippen LogP contribution in [0.3, 0.4) is 0 Å². The van der Waals surface area contributed by atoms with Crippen LogP contribution in [0.5, 0.6) is 0 Å². The molecule has 0 fully saturated rings. The Morgan fingerprint density at radius 2 is 1.83 bits per heavy atom. The molecular formula is C23H23N3S3. The molecule has 29 heavy (non-hydrogen) atoms. The van der Waals surface area contributed by atoms with E-state index in [1.165, 1.54) is 38.9 Å². The van der Waals surface area contributed by atoms with Crippen LogP contribution in [0.2, 0.25) is 0 Å². The number of hydrogen-bond donors (Lipinski definition) is 0. The van der Waals surface area contributed by atoms with E-state index in [9.17, 15) is 0 Å². The van der Waals surface area contributed by atoms with Crippen LogP contribution in [0.25, 0.3) is 20.4 Å². The second-order valence-corrected chi connectivity index (χ2v) is 10.4. The van der Waals surface area contributed by atoms with E-state index in [1.54, 1.807) is 23.1 Å². The summed E-state index contributed by atoms with van der Waals surface area (Å²) in [5, 5.41) is 3.23. The highest BCUT2D eigenvalue weighted by molar-refractivity contribution is 7.99. The topological polar surface area (TPSA) is 38.7 Å². The minimum absolute atomic E-state index is 0.455. The van der Waals surface area contributed by atoms with E-state index in [4.69, 9.17) is 15.0 Å². The largest absolute Gasteiger partial charge is 0.241 e. The number of hydrogen-bond acceptors (Lipinski definition) is 6. The van der Waals surface area contributed by atoms with Crippen LogP contribution in [0, 0.1) is 0 Å². The van der Waals surface area contributed by atoms with Gasteiger partial charge in [0.05, 0.1) is 10.2 Å². The second kappa shape index (κ2) is 7.89. The maximum atomic E-state index is 5.13. The predicted molar refractivity (Wildman–Crippen MR) is 127 cm³/mol. The van der Waals surface area contributed by atoms with Crippen molar-refractivity contribution in [3.8, 4) is 0 Å². The zero-order chi connectivity index (χ0) is 20.0. The fourth-order valence-corrected chi connectivity index (χ4v) is 6.78. The van der Waals surface area contributed by atoms with Crippen molar-refractivity contribution in [1.82, 2.24) is 15.0 Å². The molecule has 1 aliphatic rings. The van der Waals surface area contributed by atoms with Crippen molar-refractivity contribution in [2.75, 3.05) is 6.26 Å². The van der Waals surface area contributed by atoms with Gasteiger partial charge in [-0.25, -0.2) is 15.0 Å². The van der Waals surface area contributed by atoms with Gasteiger partial charge in [0.1, 0.15) is 9.86 Å². The first-order valence-electron chi connectivity index (χ1n) is 10.0. The fraction of sp³-hybridized carbons (Fsp3) is 0.348. The van der Waals surface area contributed by atoms with Crippen molar-refractivity contribution in [2.45, 2.75) is 55.0 Å². The van der Waals surface area contributed by atoms with Crippen LogP contribution < -0.4 is 0 Å². The minimum Gasteiger partial charge on any atom is -0.241 e. The van der Waals surface area contributed by atoms with Crippen molar-refractivity contribution in [1.29, 1.82) is 0 Å². The molecule has 148 valence electrons. The summed E-state index contributed by atoms with van der Waals surface area (Å²) in [6, 6.07) is 10.6. The van der Waals surface area contributed by atoms with Crippen molar-refractivity contribution in [2.24, 2.45) is 0 Å². The van der Waals surface area contributed by atoms with E-state index < -0.39 is 0 Å². The Kier molecular flexibility index (Phi) is 5.26. The van der Waals surface area contributed by atoms with Gasteiger partial charge >= 0.3 is 0 Å². The highest BCUT2D eigenvalue weighted by Gasteiger charge is 2.25. The molecule has 0 unspecified atom stereocenters. The Morgan fingerprint density at radius 3 is 2.59 bits per heavy atom. The third-order valence-electron chi connectivity index (χ3n) is 5.46. The van der Waals surface area contributed by atoms with Crippen LogP contribution in [-0.2, 0) is 18.6 Å². The maximum absolute atomic E-state index is 5.13. The lowest BCUT2D eigenvalue weighted by Crippen LogP contribution is -2.00. The van der Waals surface area contributed by atoms with E-state index >= 15 is 0 Å². The van der Waals surface area contributed by atoms with E-state index in [0.717, 1.165) is 39.1 Å². The SMILES string of the molecule is CSc1nc(SCc2ccccc2)c2sc3nc(C(C)C)c4c(c3c2n1)CCC4. The number of thiophene rings is 1. The third-order valence-corrected chi connectivity index (χ3v) is 8.27. The lowest BCUT2D eigenvalue weighted by molar-refractivity contribution is 0.805. The first-order chi connectivity index (χ1) is 14.2. The number of fused-ring (bicyclic) bond motifs is 5. The van der Waals surface area contributed by atoms with Crippen molar-refractivity contribution >= 4 is 55.3 Å². The normalized spacial score (nSPS) is 13.7. The molecule has 0 amide bonds. The van der Waals surface area contributed by atoms with Gasteiger partial charge in [0.25, 0.3) is 0 Å². The molecule has 3 nitrogen and oxygen atoms in total. The monoisotopic (exact) mass is 437 g/mol. The molecule has 0 saturated carbocycles. The molecule has 0 bridgehead atoms. The lowest BCUT2D eigenvalue weighted by Gasteiger charge is -2.12. The molecule has 5 rings (SSSR count). The number of rotatable bonds is 5. The standard InChI is InChI=1S/C23H23N3S3/c1-13(2)18-16-11-7-10-15(16)17-19-20(29-21(17)24-18)22(26-23(25-19)27-3)28-12-14-8-5-4-6-9-14/h4-6,8-9,13H,7,10-12H2,1-3H3. The highest BCUT2D eigenvalue weighted by atomic mass is 32.2. The van der Waals surface area contributed by atoms with Crippen LogP contribution >= 0.6 is 34.9 Å². The number of pyridine rings is 1. The van der Waals surface area contributed by atoms with Gasteiger partial charge in [0.2, 0.25) is 0 Å². The van der Waals surface area contributed by atoms with E-state index in [1.807, 2.05) is 11.8 Å². The van der Waals surface area contributed by atoms with Crippen LogP contribution in [0.15, 0.2) is 40.5 Å². The van der Waals surface area contributed by atoms with Crippen molar-refractivity contribution in [3.05, 3.63) is 52.7 Å². The number of aryl methyl sites for hydroxylation is 1. The molecule has 0 spiro atoms. The Balaban J connectivity index is 1.70. The van der Waals surface area contributed by atoms with Crippen molar-refractivity contribution < 1.29 is 0 Å². The first kappa shape index (κ1) is 19.3. The molecule has 1 aliphatic carbocycles. The molecular weight excluding hydrogens is 414 g/mol. The molecule has 3 heterocycles. The molecule has 0 aliphatic heterocycles. The Labute approximate surface area is 183 Å². The molecule has 0 N–H and O–H groups in total. The molecule has 0 atom stereocenters. The summed E-state index contributed by atoms with van der Waals surface area (Å²) in [7, 11) is 0. The summed E-state index contributed by atoms with van der Waals surface area (Å²) in [5.41, 5.74) is 6.69. The number of nitrogens with zero attached hydrogens (tertiary/aromatic N) is 3. The summed E-state index contributed by atoms with van der Waals surface area (Å²) in [6.45, 7) is 4.51. The van der Waals surface area contributed by atoms with Crippen LogP contribution in [0.1, 0.15) is 48.6 Å². The van der Waals surface area contributed by atoms with Crippen LogP contribution in [0.4, 0.5) is 0 Å². The van der Waals surface area contributed by atoms with Crippen molar-refractivity contribution in [3.63, 3.8) is 0 Å². The molecule has 4 aromatic rings. The zero-order valence-corrected chi connectivity index (χ0v) is 19.3. The Hall–Kier alpha value is -1.63. The molecule has 3 aromatic heterocycles. The third kappa shape index (κ3) is 3.45.